The van der Waals surface area contributed by atoms with Gasteiger partial charge in [-0.15, -0.1) is 0 Å². The highest BCUT2D eigenvalue weighted by Crippen LogP contribution is 2.64. The highest BCUT2D eigenvalue weighted by Gasteiger charge is 2.75. The van der Waals surface area contributed by atoms with Crippen molar-refractivity contribution in [2.24, 2.45) is 5.41 Å². The highest BCUT2D eigenvalue weighted by molar-refractivity contribution is 9.10. The monoisotopic (exact) mass is 488 g/mol. The van der Waals surface area contributed by atoms with Gasteiger partial charge >= 0.3 is 0 Å². The van der Waals surface area contributed by atoms with E-state index in [-0.39, 0.29) is 24.2 Å². The van der Waals surface area contributed by atoms with E-state index in [9.17, 15) is 9.59 Å². The van der Waals surface area contributed by atoms with Crippen LogP contribution in [0.15, 0.2) is 77.3 Å². The molecule has 6 rings (SSSR count). The molecule has 1 amide bonds. The third-order valence-corrected chi connectivity index (χ3v) is 8.16. The Morgan fingerprint density at radius 2 is 1.72 bits per heavy atom. The Hall–Kier alpha value is -2.96. The molecule has 3 atom stereocenters. The van der Waals surface area contributed by atoms with Crippen molar-refractivity contribution >= 4 is 33.3 Å². The summed E-state index contributed by atoms with van der Waals surface area (Å²) in [6.45, 7) is 0.669. The number of nitrogens with zero attached hydrogens (tertiary/aromatic N) is 1. The topological polar surface area (TPSA) is 58.6 Å². The van der Waals surface area contributed by atoms with Crippen molar-refractivity contribution in [2.45, 2.75) is 11.5 Å². The molecule has 0 bridgehead atoms. The van der Waals surface area contributed by atoms with Crippen molar-refractivity contribution in [3.8, 4) is 5.75 Å². The lowest BCUT2D eigenvalue weighted by atomic mass is 9.57. The third kappa shape index (κ3) is 2.21. The first-order chi connectivity index (χ1) is 15.5. The summed E-state index contributed by atoms with van der Waals surface area (Å²) in [6, 6.07) is 23.0. The minimum atomic E-state index is -1.17. The predicted octanol–water partition coefficient (Wildman–Crippen LogP) is 4.59. The number of benzene rings is 3. The molecule has 32 heavy (non-hydrogen) atoms. The standard InChI is InChI=1S/C26H21BrN2O3/c1-29-14-19(16-8-2-5-11-20(16)27)25(15-32-22-13-7-3-9-17(22)23(25)30)26(29)18-10-4-6-12-21(18)28-24(26)31/h2-13,19H,14-15H2,1H3,(H,28,31)/t19-,25-,26+/m1/s1. The number of carbonyl (C=O) groups is 2. The van der Waals surface area contributed by atoms with Crippen LogP contribution in [-0.2, 0) is 10.3 Å². The normalized spacial score (nSPS) is 28.5. The average Bonchev–Trinajstić information content (AvgIpc) is 3.25. The number of nitrogens with one attached hydrogen (secondary N) is 1. The molecule has 1 fully saturated rings. The molecule has 1 N–H and O–H groups in total. The Balaban J connectivity index is 1.69. The van der Waals surface area contributed by atoms with E-state index in [2.05, 4.69) is 21.2 Å². The van der Waals surface area contributed by atoms with Crippen molar-refractivity contribution in [2.75, 3.05) is 25.5 Å². The van der Waals surface area contributed by atoms with Gasteiger partial charge in [-0.25, -0.2) is 0 Å². The molecular weight excluding hydrogens is 468 g/mol. The zero-order valence-electron chi connectivity index (χ0n) is 17.5. The maximum Gasteiger partial charge on any atom is 0.250 e. The van der Waals surface area contributed by atoms with Crippen LogP contribution in [0.3, 0.4) is 0 Å². The smallest absolute Gasteiger partial charge is 0.250 e. The van der Waals surface area contributed by atoms with Gasteiger partial charge in [0.15, 0.2) is 5.78 Å². The summed E-state index contributed by atoms with van der Waals surface area (Å²) in [5.41, 5.74) is 0.819. The summed E-state index contributed by atoms with van der Waals surface area (Å²) in [5.74, 6) is 0.106. The minimum absolute atomic E-state index is 0.0451. The van der Waals surface area contributed by atoms with Gasteiger partial charge in [0, 0.05) is 28.2 Å². The Labute approximate surface area is 194 Å². The van der Waals surface area contributed by atoms with Crippen LogP contribution in [0.4, 0.5) is 5.69 Å². The number of amides is 1. The summed E-state index contributed by atoms with van der Waals surface area (Å²) in [4.78, 5) is 30.4. The van der Waals surface area contributed by atoms with Crippen LogP contribution in [0.1, 0.15) is 27.4 Å². The first kappa shape index (κ1) is 19.7. The summed E-state index contributed by atoms with van der Waals surface area (Å²) >= 11 is 3.70. The fourth-order valence-corrected chi connectivity index (χ4v) is 6.71. The number of hydrogen-bond acceptors (Lipinski definition) is 4. The summed E-state index contributed by atoms with van der Waals surface area (Å²) < 4.78 is 7.20. The molecule has 1 saturated heterocycles. The summed E-state index contributed by atoms with van der Waals surface area (Å²) in [7, 11) is 1.94. The van der Waals surface area contributed by atoms with E-state index in [4.69, 9.17) is 4.74 Å². The highest BCUT2D eigenvalue weighted by atomic mass is 79.9. The number of likely N-dealkylation sites (tertiary alicyclic amines) is 1. The molecular formula is C26H21BrN2O3. The number of halogens is 1. The Morgan fingerprint density at radius 1 is 1.00 bits per heavy atom. The lowest BCUT2D eigenvalue weighted by Crippen LogP contribution is -2.62. The molecule has 3 aromatic rings. The minimum Gasteiger partial charge on any atom is -0.492 e. The lowest BCUT2D eigenvalue weighted by Gasteiger charge is -2.47. The van der Waals surface area contributed by atoms with Crippen LogP contribution in [0.2, 0.25) is 0 Å². The van der Waals surface area contributed by atoms with Gasteiger partial charge in [-0.3, -0.25) is 14.5 Å². The number of para-hydroxylation sites is 2. The van der Waals surface area contributed by atoms with Gasteiger partial charge in [-0.1, -0.05) is 64.5 Å². The number of ketones is 1. The first-order valence-corrected chi connectivity index (χ1v) is 11.4. The summed E-state index contributed by atoms with van der Waals surface area (Å²) in [6.07, 6.45) is 0. The second kappa shape index (κ2) is 6.77. The van der Waals surface area contributed by atoms with Gasteiger partial charge < -0.3 is 10.1 Å². The van der Waals surface area contributed by atoms with Gasteiger partial charge in [-0.05, 0) is 36.9 Å². The van der Waals surface area contributed by atoms with E-state index in [0.717, 1.165) is 21.3 Å². The fraction of sp³-hybridized carbons (Fsp3) is 0.231. The van der Waals surface area contributed by atoms with E-state index >= 15 is 0 Å². The zero-order chi connectivity index (χ0) is 22.1. The molecule has 3 aliphatic heterocycles. The quantitative estimate of drug-likeness (QED) is 0.544. The largest absolute Gasteiger partial charge is 0.492 e. The molecule has 160 valence electrons. The van der Waals surface area contributed by atoms with Crippen molar-refractivity contribution in [3.05, 3.63) is 94.0 Å². The van der Waals surface area contributed by atoms with Crippen LogP contribution in [0.25, 0.3) is 0 Å². The molecule has 3 aromatic carbocycles. The molecule has 3 heterocycles. The SMILES string of the molecule is CN1C[C@H](c2ccccc2Br)[C@@]2(COc3ccccc3C2=O)[C@]12C(=O)Nc1ccccc12. The number of ether oxygens (including phenoxy) is 1. The van der Waals surface area contributed by atoms with Gasteiger partial charge in [-0.2, -0.15) is 0 Å². The molecule has 5 nitrogen and oxygen atoms in total. The Morgan fingerprint density at radius 3 is 2.56 bits per heavy atom. The van der Waals surface area contributed by atoms with Gasteiger partial charge in [0.1, 0.15) is 23.3 Å². The molecule has 0 aliphatic carbocycles. The number of hydrogen-bond donors (Lipinski definition) is 1. The molecule has 3 aliphatic rings. The molecule has 0 radical (unpaired) electrons. The van der Waals surface area contributed by atoms with E-state index < -0.39 is 11.0 Å². The second-order valence-corrected chi connectivity index (χ2v) is 9.60. The average molecular weight is 489 g/mol. The molecule has 2 spiro atoms. The molecule has 0 aromatic heterocycles. The number of anilines is 1. The van der Waals surface area contributed by atoms with Crippen molar-refractivity contribution < 1.29 is 14.3 Å². The lowest BCUT2D eigenvalue weighted by molar-refractivity contribution is -0.131. The van der Waals surface area contributed by atoms with E-state index in [1.165, 1.54) is 0 Å². The van der Waals surface area contributed by atoms with Gasteiger partial charge in [0.05, 0.1) is 5.56 Å². The van der Waals surface area contributed by atoms with Crippen LogP contribution in [0.5, 0.6) is 5.75 Å². The van der Waals surface area contributed by atoms with Crippen LogP contribution < -0.4 is 10.1 Å². The Bertz CT molecular complexity index is 1290. The van der Waals surface area contributed by atoms with Crippen LogP contribution in [-0.4, -0.2) is 36.8 Å². The van der Waals surface area contributed by atoms with Gasteiger partial charge in [0.2, 0.25) is 0 Å². The number of fused-ring (bicyclic) bond motifs is 4. The maximum absolute atomic E-state index is 14.5. The molecule has 0 saturated carbocycles. The zero-order valence-corrected chi connectivity index (χ0v) is 19.1. The number of Topliss-reactive ketones (excluding diaryl/α,β-unsaturated/α-hetero) is 1. The van der Waals surface area contributed by atoms with Gasteiger partial charge in [0.25, 0.3) is 5.91 Å². The number of carbonyl (C=O) groups excluding carboxylic acids is 2. The van der Waals surface area contributed by atoms with Crippen molar-refractivity contribution in [1.29, 1.82) is 0 Å². The maximum atomic E-state index is 14.5. The van der Waals surface area contributed by atoms with E-state index in [1.807, 2.05) is 78.7 Å². The van der Waals surface area contributed by atoms with Crippen molar-refractivity contribution in [3.63, 3.8) is 0 Å². The number of rotatable bonds is 1. The van der Waals surface area contributed by atoms with Crippen LogP contribution in [0, 0.1) is 5.41 Å². The summed E-state index contributed by atoms with van der Waals surface area (Å²) in [5, 5.41) is 3.06. The first-order valence-electron chi connectivity index (χ1n) is 10.6. The van der Waals surface area contributed by atoms with E-state index in [0.29, 0.717) is 17.9 Å². The molecule has 0 unspecified atom stereocenters. The molecule has 6 heteroatoms. The van der Waals surface area contributed by atoms with E-state index in [1.54, 1.807) is 6.07 Å². The predicted molar refractivity (Wildman–Crippen MR) is 125 cm³/mol. The third-order valence-electron chi connectivity index (χ3n) is 7.44. The van der Waals surface area contributed by atoms with Crippen molar-refractivity contribution in [1.82, 2.24) is 4.90 Å². The Kier molecular flexibility index (Phi) is 4.17. The van der Waals surface area contributed by atoms with Crippen LogP contribution >= 0.6 is 15.9 Å². The fourth-order valence-electron chi connectivity index (χ4n) is 6.15. The number of likely N-dealkylation sites (N-methyl/N-ethyl adjacent to an activating group) is 1. The second-order valence-electron chi connectivity index (χ2n) is 8.75.